The molecule has 0 radical (unpaired) electrons. The highest BCUT2D eigenvalue weighted by molar-refractivity contribution is 5.94. The SMILES string of the molecule is COc1cc2oc(C(=O)NCCCCCCCCCCNc3c4c(nc5ccccc35)CCCC4)cc(=O)c2cc1OC.Cl. The van der Waals surface area contributed by atoms with Gasteiger partial charge in [-0.15, -0.1) is 12.4 Å². The summed E-state index contributed by atoms with van der Waals surface area (Å²) in [5, 5.41) is 8.24. The first kappa shape index (κ1) is 33.1. The van der Waals surface area contributed by atoms with E-state index >= 15 is 0 Å². The molecular weight excluding hydrogens is 578 g/mol. The first-order valence-corrected chi connectivity index (χ1v) is 15.7. The normalized spacial score (nSPS) is 12.4. The Kier molecular flexibility index (Phi) is 12.3. The van der Waals surface area contributed by atoms with Crippen molar-refractivity contribution in [3.05, 3.63) is 69.7 Å². The second kappa shape index (κ2) is 16.3. The van der Waals surface area contributed by atoms with Gasteiger partial charge in [0.25, 0.3) is 5.91 Å². The van der Waals surface area contributed by atoms with E-state index in [1.54, 1.807) is 12.1 Å². The molecule has 5 rings (SSSR count). The summed E-state index contributed by atoms with van der Waals surface area (Å²) in [4.78, 5) is 30.1. The molecule has 0 atom stereocenters. The number of benzene rings is 2. The molecule has 0 spiro atoms. The molecule has 0 fully saturated rings. The largest absolute Gasteiger partial charge is 0.493 e. The van der Waals surface area contributed by atoms with Crippen molar-refractivity contribution in [1.82, 2.24) is 10.3 Å². The van der Waals surface area contributed by atoms with Gasteiger partial charge in [-0.2, -0.15) is 0 Å². The van der Waals surface area contributed by atoms with Crippen molar-refractivity contribution >= 4 is 45.9 Å². The Labute approximate surface area is 265 Å². The van der Waals surface area contributed by atoms with E-state index in [-0.39, 0.29) is 35.1 Å². The smallest absolute Gasteiger partial charge is 0.287 e. The minimum atomic E-state index is -0.386. The fourth-order valence-electron chi connectivity index (χ4n) is 5.98. The summed E-state index contributed by atoms with van der Waals surface area (Å²) in [5.41, 5.74) is 5.13. The van der Waals surface area contributed by atoms with Gasteiger partial charge in [-0.25, -0.2) is 0 Å². The molecule has 1 aliphatic carbocycles. The van der Waals surface area contributed by atoms with Gasteiger partial charge in [-0.05, 0) is 56.2 Å². The van der Waals surface area contributed by atoms with Gasteiger partial charge >= 0.3 is 0 Å². The number of nitrogens with one attached hydrogen (secondary N) is 2. The lowest BCUT2D eigenvalue weighted by atomic mass is 9.92. The Hall–Kier alpha value is -3.78. The third-order valence-electron chi connectivity index (χ3n) is 8.32. The molecule has 0 bridgehead atoms. The molecule has 44 heavy (non-hydrogen) atoms. The number of amides is 1. The van der Waals surface area contributed by atoms with Gasteiger partial charge in [-0.1, -0.05) is 56.7 Å². The maximum Gasteiger partial charge on any atom is 0.287 e. The van der Waals surface area contributed by atoms with Gasteiger partial charge in [0.1, 0.15) is 5.58 Å². The Morgan fingerprint density at radius 1 is 0.841 bits per heavy atom. The van der Waals surface area contributed by atoms with Crippen molar-refractivity contribution in [3.63, 3.8) is 0 Å². The van der Waals surface area contributed by atoms with Crippen LogP contribution in [0.2, 0.25) is 0 Å². The summed E-state index contributed by atoms with van der Waals surface area (Å²) in [6.45, 7) is 1.55. The minimum absolute atomic E-state index is 0. The van der Waals surface area contributed by atoms with E-state index in [2.05, 4.69) is 34.9 Å². The maximum atomic E-state index is 12.6. The van der Waals surface area contributed by atoms with Crippen LogP contribution in [0.5, 0.6) is 11.5 Å². The first-order chi connectivity index (χ1) is 21.1. The molecule has 9 heteroatoms. The number of ether oxygens (including phenoxy) is 2. The van der Waals surface area contributed by atoms with Crippen LogP contribution in [0.4, 0.5) is 5.69 Å². The van der Waals surface area contributed by atoms with Crippen molar-refractivity contribution in [3.8, 4) is 11.5 Å². The highest BCUT2D eigenvalue weighted by Crippen LogP contribution is 2.33. The van der Waals surface area contributed by atoms with Crippen LogP contribution < -0.4 is 25.5 Å². The van der Waals surface area contributed by atoms with Gasteiger partial charge < -0.3 is 24.5 Å². The fourth-order valence-corrected chi connectivity index (χ4v) is 5.98. The molecule has 1 amide bonds. The summed E-state index contributed by atoms with van der Waals surface area (Å²) >= 11 is 0. The van der Waals surface area contributed by atoms with Crippen molar-refractivity contribution in [1.29, 1.82) is 0 Å². The minimum Gasteiger partial charge on any atom is -0.493 e. The second-order valence-corrected chi connectivity index (χ2v) is 11.3. The summed E-state index contributed by atoms with van der Waals surface area (Å²) in [6.07, 6.45) is 13.9. The van der Waals surface area contributed by atoms with Gasteiger partial charge in [0.05, 0.1) is 25.1 Å². The number of hydrogen-bond donors (Lipinski definition) is 2. The Bertz CT molecular complexity index is 1620. The van der Waals surface area contributed by atoms with E-state index in [0.29, 0.717) is 23.4 Å². The predicted molar refractivity (Wildman–Crippen MR) is 179 cm³/mol. The molecule has 0 saturated carbocycles. The highest BCUT2D eigenvalue weighted by Gasteiger charge is 2.18. The lowest BCUT2D eigenvalue weighted by Gasteiger charge is -2.21. The van der Waals surface area contributed by atoms with E-state index in [0.717, 1.165) is 44.2 Å². The van der Waals surface area contributed by atoms with Gasteiger partial charge in [0.15, 0.2) is 22.7 Å². The maximum absolute atomic E-state index is 12.6. The van der Waals surface area contributed by atoms with Crippen molar-refractivity contribution in [2.24, 2.45) is 0 Å². The topological polar surface area (TPSA) is 103 Å². The van der Waals surface area contributed by atoms with Gasteiger partial charge in [0, 0.05) is 42.0 Å². The van der Waals surface area contributed by atoms with Crippen LogP contribution in [-0.4, -0.2) is 38.2 Å². The molecule has 2 N–H and O–H groups in total. The van der Waals surface area contributed by atoms with Crippen LogP contribution >= 0.6 is 12.4 Å². The molecule has 2 aromatic heterocycles. The van der Waals surface area contributed by atoms with Crippen LogP contribution in [0.25, 0.3) is 21.9 Å². The van der Waals surface area contributed by atoms with Crippen molar-refractivity contribution in [2.45, 2.75) is 77.0 Å². The molecule has 1 aliphatic rings. The number of fused-ring (bicyclic) bond motifs is 3. The van der Waals surface area contributed by atoms with Crippen LogP contribution in [0.3, 0.4) is 0 Å². The van der Waals surface area contributed by atoms with Crippen LogP contribution in [0.15, 0.2) is 51.7 Å². The van der Waals surface area contributed by atoms with Crippen LogP contribution in [-0.2, 0) is 12.8 Å². The summed E-state index contributed by atoms with van der Waals surface area (Å²) < 4.78 is 16.2. The predicted octanol–water partition coefficient (Wildman–Crippen LogP) is 7.62. The number of carbonyl (C=O) groups is 1. The fraction of sp³-hybridized carbons (Fsp3) is 0.457. The van der Waals surface area contributed by atoms with Gasteiger partial charge in [0.2, 0.25) is 0 Å². The van der Waals surface area contributed by atoms with Crippen molar-refractivity contribution < 1.29 is 18.7 Å². The number of aryl methyl sites for hydroxylation is 1. The molecule has 2 aromatic carbocycles. The van der Waals surface area contributed by atoms with E-state index < -0.39 is 0 Å². The number of unbranched alkanes of at least 4 members (excludes halogenated alkanes) is 7. The molecular formula is C35H44ClN3O5. The number of carbonyl (C=O) groups excluding carboxylic acids is 1. The lowest BCUT2D eigenvalue weighted by molar-refractivity contribution is 0.0925. The Morgan fingerprint density at radius 3 is 2.25 bits per heavy atom. The molecule has 236 valence electrons. The van der Waals surface area contributed by atoms with Crippen LogP contribution in [0.1, 0.15) is 86.0 Å². The zero-order valence-corrected chi connectivity index (χ0v) is 26.7. The van der Waals surface area contributed by atoms with Crippen molar-refractivity contribution in [2.75, 3.05) is 32.6 Å². The average Bonchev–Trinajstić information content (AvgIpc) is 3.03. The van der Waals surface area contributed by atoms with E-state index in [1.165, 1.54) is 87.6 Å². The number of nitrogens with zero attached hydrogens (tertiary/aromatic N) is 1. The number of anilines is 1. The van der Waals surface area contributed by atoms with E-state index in [1.807, 2.05) is 0 Å². The zero-order chi connectivity index (χ0) is 30.0. The van der Waals surface area contributed by atoms with E-state index in [9.17, 15) is 9.59 Å². The lowest BCUT2D eigenvalue weighted by Crippen LogP contribution is -2.25. The third kappa shape index (κ3) is 8.03. The average molecular weight is 622 g/mol. The summed E-state index contributed by atoms with van der Waals surface area (Å²) in [6, 6.07) is 12.9. The Balaban J connectivity index is 0.00000442. The zero-order valence-electron chi connectivity index (χ0n) is 25.8. The number of halogens is 1. The highest BCUT2D eigenvalue weighted by atomic mass is 35.5. The van der Waals surface area contributed by atoms with Crippen LogP contribution in [0, 0.1) is 0 Å². The third-order valence-corrected chi connectivity index (χ3v) is 8.32. The Morgan fingerprint density at radius 2 is 1.50 bits per heavy atom. The van der Waals surface area contributed by atoms with Gasteiger partial charge in [-0.3, -0.25) is 14.6 Å². The first-order valence-electron chi connectivity index (χ1n) is 15.7. The number of pyridine rings is 1. The summed E-state index contributed by atoms with van der Waals surface area (Å²) in [7, 11) is 3.01. The molecule has 2 heterocycles. The number of hydrogen-bond acceptors (Lipinski definition) is 7. The number of rotatable bonds is 15. The van der Waals surface area contributed by atoms with E-state index in [4.69, 9.17) is 18.9 Å². The monoisotopic (exact) mass is 621 g/mol. The molecule has 0 aliphatic heterocycles. The number of aromatic nitrogens is 1. The molecule has 0 saturated heterocycles. The second-order valence-electron chi connectivity index (χ2n) is 11.3. The molecule has 8 nitrogen and oxygen atoms in total. The molecule has 4 aromatic rings. The molecule has 0 unspecified atom stereocenters. The quantitative estimate of drug-likeness (QED) is 0.132. The standard InChI is InChI=1S/C35H43N3O5.ClH/c1-41-31-21-26-29(39)22-33(43-30(26)23-32(31)42-2)35(40)37-20-14-8-6-4-3-5-7-13-19-36-34-24-15-9-11-17-27(24)38-28-18-12-10-16-25(28)34;/h9,11,15,17,21-23H,3-8,10,12-14,16,18-20H2,1-2H3,(H,36,38)(H,37,40);1H. The summed E-state index contributed by atoms with van der Waals surface area (Å²) in [5.74, 6) is 0.479. The number of methoxy groups -OCH3 is 2. The number of para-hydroxylation sites is 1.